The Labute approximate surface area is 229 Å². The van der Waals surface area contributed by atoms with E-state index in [0.717, 1.165) is 33.8 Å². The van der Waals surface area contributed by atoms with Crippen LogP contribution in [-0.2, 0) is 20.8 Å². The summed E-state index contributed by atoms with van der Waals surface area (Å²) in [5, 5.41) is 3.27. The maximum absolute atomic E-state index is 12.5. The quantitative estimate of drug-likeness (QED) is 0.121. The molecule has 200 valence electrons. The average molecular weight is 524 g/mol. The van der Waals surface area contributed by atoms with Crippen molar-refractivity contribution in [3.8, 4) is 17.0 Å². The Morgan fingerprint density at radius 2 is 1.64 bits per heavy atom. The Kier molecular flexibility index (Phi) is 10.1. The molecule has 39 heavy (non-hydrogen) atoms. The summed E-state index contributed by atoms with van der Waals surface area (Å²) in [5.74, 6) is 0.437. The molecule has 0 spiro atoms. The van der Waals surface area contributed by atoms with Gasteiger partial charge in [-0.05, 0) is 54.4 Å². The summed E-state index contributed by atoms with van der Waals surface area (Å²) in [7, 11) is 0. The number of carbonyl (C=O) groups excluding carboxylic acids is 1. The van der Waals surface area contributed by atoms with Crippen LogP contribution >= 0.6 is 0 Å². The largest absolute Gasteiger partial charge is 0.491 e. The van der Waals surface area contributed by atoms with Gasteiger partial charge in [-0.15, -0.1) is 0 Å². The van der Waals surface area contributed by atoms with E-state index in [-0.39, 0.29) is 5.97 Å². The van der Waals surface area contributed by atoms with E-state index < -0.39 is 6.04 Å². The third-order valence-electron chi connectivity index (χ3n) is 5.89. The van der Waals surface area contributed by atoms with Gasteiger partial charge >= 0.3 is 5.97 Å². The first kappa shape index (κ1) is 27.4. The number of carbonyl (C=O) groups is 1. The molecule has 0 radical (unpaired) electrons. The maximum atomic E-state index is 12.5. The Morgan fingerprint density at radius 1 is 0.897 bits per heavy atom. The number of hydroxylamine groups is 1. The van der Waals surface area contributed by atoms with Crippen molar-refractivity contribution in [3.63, 3.8) is 0 Å². The summed E-state index contributed by atoms with van der Waals surface area (Å²) in [4.78, 5) is 22.4. The van der Waals surface area contributed by atoms with Crippen LogP contribution in [0, 0.1) is 0 Å². The molecule has 0 aliphatic rings. The van der Waals surface area contributed by atoms with E-state index in [1.54, 1.807) is 13.1 Å². The summed E-state index contributed by atoms with van der Waals surface area (Å²) < 4.78 is 11.1. The van der Waals surface area contributed by atoms with E-state index in [0.29, 0.717) is 31.9 Å². The molecule has 0 bridgehead atoms. The minimum Gasteiger partial charge on any atom is -0.491 e. The molecule has 0 aliphatic heterocycles. The summed E-state index contributed by atoms with van der Waals surface area (Å²) in [6.07, 6.45) is 2.27. The molecule has 1 unspecified atom stereocenters. The lowest BCUT2D eigenvalue weighted by Gasteiger charge is -2.18. The van der Waals surface area contributed by atoms with Crippen molar-refractivity contribution in [2.24, 2.45) is 0 Å². The Bertz CT molecular complexity index is 1310. The van der Waals surface area contributed by atoms with Gasteiger partial charge < -0.3 is 14.8 Å². The van der Waals surface area contributed by atoms with Crippen LogP contribution in [0.25, 0.3) is 17.0 Å². The first-order valence-electron chi connectivity index (χ1n) is 12.9. The highest BCUT2D eigenvalue weighted by Gasteiger charge is 2.20. The van der Waals surface area contributed by atoms with Crippen LogP contribution in [0.4, 0.5) is 5.69 Å². The molecule has 1 atom stereocenters. The van der Waals surface area contributed by atoms with E-state index in [4.69, 9.17) is 14.3 Å². The molecule has 1 aromatic heterocycles. The molecule has 0 aliphatic carbocycles. The zero-order valence-corrected chi connectivity index (χ0v) is 22.0. The monoisotopic (exact) mass is 523 g/mol. The van der Waals surface area contributed by atoms with Crippen LogP contribution < -0.4 is 15.5 Å². The van der Waals surface area contributed by atoms with Crippen molar-refractivity contribution >= 4 is 17.4 Å². The Hall–Kier alpha value is -4.62. The number of nitrogens with one attached hydrogen (secondary N) is 2. The standard InChI is InChI=1S/C32H33N3O4/c1-3-37-32(36)31(34-28-9-5-4-6-10-28)23-25-12-18-29(19-13-25)38-21-22-39-35-24(2)26-14-16-27(17-15-26)30-11-7-8-20-33-30/h4-20,31,34-35H,2-3,21-23H2,1H3. The zero-order chi connectivity index (χ0) is 27.3. The molecule has 2 N–H and O–H groups in total. The SMILES string of the molecule is C=C(NOCCOc1ccc(CC(Nc2ccccc2)C(=O)OCC)cc1)c1ccc(-c2ccccn2)cc1. The van der Waals surface area contributed by atoms with E-state index in [1.165, 1.54) is 0 Å². The normalized spacial score (nSPS) is 11.3. The van der Waals surface area contributed by atoms with Gasteiger partial charge in [-0.2, -0.15) is 0 Å². The predicted octanol–water partition coefficient (Wildman–Crippen LogP) is 5.91. The van der Waals surface area contributed by atoms with E-state index >= 15 is 0 Å². The van der Waals surface area contributed by atoms with Crippen molar-refractivity contribution in [3.05, 3.63) is 121 Å². The molecule has 0 saturated carbocycles. The molecule has 7 nitrogen and oxygen atoms in total. The van der Waals surface area contributed by atoms with Gasteiger partial charge in [0.2, 0.25) is 0 Å². The van der Waals surface area contributed by atoms with Gasteiger partial charge in [0, 0.05) is 23.9 Å². The predicted molar refractivity (Wildman–Crippen MR) is 154 cm³/mol. The average Bonchev–Trinajstić information content (AvgIpc) is 2.98. The van der Waals surface area contributed by atoms with E-state index in [9.17, 15) is 4.79 Å². The van der Waals surface area contributed by atoms with Crippen LogP contribution in [-0.4, -0.2) is 36.8 Å². The lowest BCUT2D eigenvalue weighted by atomic mass is 10.1. The van der Waals surface area contributed by atoms with E-state index in [2.05, 4.69) is 22.4 Å². The number of hydrogen-bond acceptors (Lipinski definition) is 7. The maximum Gasteiger partial charge on any atom is 0.328 e. The summed E-state index contributed by atoms with van der Waals surface area (Å²) in [6.45, 7) is 6.87. The van der Waals surface area contributed by atoms with Crippen LogP contribution in [0.1, 0.15) is 18.1 Å². The number of hydrogen-bond donors (Lipinski definition) is 2. The van der Waals surface area contributed by atoms with Crippen LogP contribution in [0.3, 0.4) is 0 Å². The minimum absolute atomic E-state index is 0.280. The first-order valence-corrected chi connectivity index (χ1v) is 12.9. The second-order valence-corrected chi connectivity index (χ2v) is 8.73. The molecule has 3 aromatic carbocycles. The molecular weight excluding hydrogens is 490 g/mol. The molecule has 0 fully saturated rings. The number of ether oxygens (including phenoxy) is 2. The molecule has 0 saturated heterocycles. The van der Waals surface area contributed by atoms with Gasteiger partial charge in [-0.25, -0.2) is 4.79 Å². The molecule has 1 heterocycles. The van der Waals surface area contributed by atoms with Gasteiger partial charge in [-0.1, -0.05) is 67.2 Å². The lowest BCUT2D eigenvalue weighted by Crippen LogP contribution is -2.33. The highest BCUT2D eigenvalue weighted by molar-refractivity contribution is 5.79. The topological polar surface area (TPSA) is 81.7 Å². The zero-order valence-electron chi connectivity index (χ0n) is 22.0. The highest BCUT2D eigenvalue weighted by Crippen LogP contribution is 2.20. The number of aromatic nitrogens is 1. The number of rotatable bonds is 14. The fourth-order valence-electron chi connectivity index (χ4n) is 3.90. The summed E-state index contributed by atoms with van der Waals surface area (Å²) >= 11 is 0. The second kappa shape index (κ2) is 14.4. The van der Waals surface area contributed by atoms with E-state index in [1.807, 2.05) is 97.1 Å². The summed E-state index contributed by atoms with van der Waals surface area (Å²) in [6, 6.07) is 30.6. The fraction of sp³-hybridized carbons (Fsp3) is 0.188. The molecule has 7 heteroatoms. The van der Waals surface area contributed by atoms with Crippen molar-refractivity contribution < 1.29 is 19.1 Å². The Morgan fingerprint density at radius 3 is 2.33 bits per heavy atom. The highest BCUT2D eigenvalue weighted by atomic mass is 16.7. The minimum atomic E-state index is -0.488. The van der Waals surface area contributed by atoms with Crippen molar-refractivity contribution in [2.75, 3.05) is 25.1 Å². The number of anilines is 1. The number of nitrogens with zero attached hydrogens (tertiary/aromatic N) is 1. The molecule has 4 rings (SSSR count). The fourth-order valence-corrected chi connectivity index (χ4v) is 3.90. The Balaban J connectivity index is 1.20. The second-order valence-electron chi connectivity index (χ2n) is 8.73. The van der Waals surface area contributed by atoms with Gasteiger partial charge in [0.05, 0.1) is 18.0 Å². The number of pyridine rings is 1. The number of para-hydroxylation sites is 1. The summed E-state index contributed by atoms with van der Waals surface area (Å²) in [5.41, 5.74) is 8.28. The number of benzene rings is 3. The van der Waals surface area contributed by atoms with Gasteiger partial charge in [0.15, 0.2) is 0 Å². The third-order valence-corrected chi connectivity index (χ3v) is 5.89. The molecular formula is C32H33N3O4. The van der Waals surface area contributed by atoms with Gasteiger partial charge in [0.25, 0.3) is 0 Å². The first-order chi connectivity index (χ1) is 19.1. The van der Waals surface area contributed by atoms with Crippen LogP contribution in [0.2, 0.25) is 0 Å². The third kappa shape index (κ3) is 8.45. The van der Waals surface area contributed by atoms with Crippen molar-refractivity contribution in [1.82, 2.24) is 10.5 Å². The number of esters is 1. The smallest absolute Gasteiger partial charge is 0.328 e. The van der Waals surface area contributed by atoms with Crippen LogP contribution in [0.15, 0.2) is 110 Å². The van der Waals surface area contributed by atoms with Crippen molar-refractivity contribution in [2.45, 2.75) is 19.4 Å². The lowest BCUT2D eigenvalue weighted by molar-refractivity contribution is -0.144. The van der Waals surface area contributed by atoms with Crippen LogP contribution in [0.5, 0.6) is 5.75 Å². The van der Waals surface area contributed by atoms with Gasteiger partial charge in [0.1, 0.15) is 25.0 Å². The molecule has 0 amide bonds. The molecule has 4 aromatic rings. The van der Waals surface area contributed by atoms with Crippen molar-refractivity contribution in [1.29, 1.82) is 0 Å². The van der Waals surface area contributed by atoms with Gasteiger partial charge in [-0.3, -0.25) is 15.3 Å².